The number of primary amides is 1. The van der Waals surface area contributed by atoms with Crippen LogP contribution in [0, 0.1) is 11.2 Å². The van der Waals surface area contributed by atoms with Crippen molar-refractivity contribution < 1.29 is 32.6 Å². The van der Waals surface area contributed by atoms with Crippen molar-refractivity contribution in [2.75, 3.05) is 12.4 Å². The third kappa shape index (κ3) is 6.52. The van der Waals surface area contributed by atoms with Crippen molar-refractivity contribution >= 4 is 34.8 Å². The van der Waals surface area contributed by atoms with Crippen molar-refractivity contribution in [3.63, 3.8) is 0 Å². The fourth-order valence-corrected chi connectivity index (χ4v) is 4.11. The highest BCUT2D eigenvalue weighted by Gasteiger charge is 2.24. The SMILES string of the molecule is CCC(C(=O)Nc1ccc(C(N)=O)c(F)c1)n1cc(OC)c(-c2cc(Cl)ccc2C(=N)/C=C(\O)C(F)F)cc1=O. The predicted molar refractivity (Wildman–Crippen MR) is 144 cm³/mol. The number of amides is 2. The second-order valence-electron chi connectivity index (χ2n) is 8.45. The molecule has 0 aliphatic heterocycles. The highest BCUT2D eigenvalue weighted by molar-refractivity contribution is 6.31. The number of carbonyl (C=O) groups excluding carboxylic acids is 2. The van der Waals surface area contributed by atoms with E-state index in [1.165, 1.54) is 37.6 Å². The lowest BCUT2D eigenvalue weighted by molar-refractivity contribution is -0.119. The number of carbonyl (C=O) groups is 2. The van der Waals surface area contributed by atoms with E-state index >= 15 is 0 Å². The number of methoxy groups -OCH3 is 1. The molecular formula is C27H24ClF3N4O5. The smallest absolute Gasteiger partial charge is 0.294 e. The van der Waals surface area contributed by atoms with Crippen LogP contribution in [0.2, 0.25) is 5.02 Å². The maximum absolute atomic E-state index is 14.1. The summed E-state index contributed by atoms with van der Waals surface area (Å²) in [5.41, 5.74) is 4.04. The van der Waals surface area contributed by atoms with E-state index in [9.17, 15) is 32.7 Å². The summed E-state index contributed by atoms with van der Waals surface area (Å²) in [6.45, 7) is 1.64. The van der Waals surface area contributed by atoms with Crippen LogP contribution in [0.3, 0.4) is 0 Å². The van der Waals surface area contributed by atoms with Crippen LogP contribution in [0.5, 0.6) is 5.75 Å². The Kier molecular flexibility index (Phi) is 9.38. The molecule has 1 heterocycles. The zero-order valence-corrected chi connectivity index (χ0v) is 21.9. The van der Waals surface area contributed by atoms with Crippen molar-refractivity contribution in [3.8, 4) is 16.9 Å². The summed E-state index contributed by atoms with van der Waals surface area (Å²) < 4.78 is 46.3. The molecule has 0 aliphatic carbocycles. The number of pyridine rings is 1. The van der Waals surface area contributed by atoms with Gasteiger partial charge >= 0.3 is 0 Å². The lowest BCUT2D eigenvalue weighted by Gasteiger charge is -2.21. The average molecular weight is 577 g/mol. The largest absolute Gasteiger partial charge is 0.506 e. The first-order chi connectivity index (χ1) is 18.9. The van der Waals surface area contributed by atoms with E-state index in [0.717, 1.165) is 22.8 Å². The summed E-state index contributed by atoms with van der Waals surface area (Å²) in [4.78, 5) is 37.5. The van der Waals surface area contributed by atoms with Crippen LogP contribution in [0.1, 0.15) is 35.3 Å². The number of hydrogen-bond acceptors (Lipinski definition) is 6. The van der Waals surface area contributed by atoms with E-state index in [1.807, 2.05) is 0 Å². The summed E-state index contributed by atoms with van der Waals surface area (Å²) in [7, 11) is 1.30. The average Bonchev–Trinajstić information content (AvgIpc) is 2.89. The highest BCUT2D eigenvalue weighted by Crippen LogP contribution is 2.34. The van der Waals surface area contributed by atoms with Crippen LogP contribution < -0.4 is 21.3 Å². The minimum atomic E-state index is -3.19. The van der Waals surface area contributed by atoms with Crippen molar-refractivity contribution in [1.29, 1.82) is 5.41 Å². The number of allylic oxidation sites excluding steroid dienone is 2. The molecule has 0 spiro atoms. The van der Waals surface area contributed by atoms with E-state index in [2.05, 4.69) is 5.32 Å². The molecule has 0 fully saturated rings. The molecule has 210 valence electrons. The van der Waals surface area contributed by atoms with Crippen molar-refractivity contribution in [1.82, 2.24) is 4.57 Å². The van der Waals surface area contributed by atoms with Gasteiger partial charge in [0.1, 0.15) is 17.6 Å². The first-order valence-electron chi connectivity index (χ1n) is 11.7. The number of benzene rings is 2. The second-order valence-corrected chi connectivity index (χ2v) is 8.88. The quantitative estimate of drug-likeness (QED) is 0.196. The summed E-state index contributed by atoms with van der Waals surface area (Å²) >= 11 is 6.14. The predicted octanol–water partition coefficient (Wildman–Crippen LogP) is 5.08. The van der Waals surface area contributed by atoms with Crippen LogP contribution in [-0.4, -0.2) is 40.7 Å². The molecule has 0 aliphatic rings. The minimum absolute atomic E-state index is 0.0322. The number of anilines is 1. The molecule has 1 aromatic heterocycles. The summed E-state index contributed by atoms with van der Waals surface area (Å²) in [6.07, 6.45) is -1.20. The van der Waals surface area contributed by atoms with Gasteiger partial charge in [-0.2, -0.15) is 0 Å². The Morgan fingerprint density at radius 2 is 1.85 bits per heavy atom. The normalized spacial score (nSPS) is 12.2. The van der Waals surface area contributed by atoms with E-state index < -0.39 is 47.1 Å². The lowest BCUT2D eigenvalue weighted by Crippen LogP contribution is -2.32. The van der Waals surface area contributed by atoms with Gasteiger partial charge in [0.25, 0.3) is 17.9 Å². The van der Waals surface area contributed by atoms with Crippen LogP contribution >= 0.6 is 11.6 Å². The Labute approximate surface area is 231 Å². The van der Waals surface area contributed by atoms with Gasteiger partial charge in [-0.1, -0.05) is 24.6 Å². The van der Waals surface area contributed by atoms with Gasteiger partial charge in [-0.3, -0.25) is 19.0 Å². The fraction of sp³-hybridized carbons (Fsp3) is 0.185. The fourth-order valence-electron chi connectivity index (χ4n) is 3.93. The maximum Gasteiger partial charge on any atom is 0.294 e. The van der Waals surface area contributed by atoms with Crippen LogP contribution in [-0.2, 0) is 4.79 Å². The molecule has 2 amide bonds. The Hall–Kier alpha value is -4.58. The monoisotopic (exact) mass is 576 g/mol. The minimum Gasteiger partial charge on any atom is -0.506 e. The zero-order chi connectivity index (χ0) is 29.7. The van der Waals surface area contributed by atoms with Crippen LogP contribution in [0.25, 0.3) is 11.1 Å². The number of aromatic nitrogens is 1. The van der Waals surface area contributed by atoms with Crippen LogP contribution in [0.15, 0.2) is 65.3 Å². The number of halogens is 4. The number of nitrogens with zero attached hydrogens (tertiary/aromatic N) is 1. The molecule has 1 atom stereocenters. The molecule has 5 N–H and O–H groups in total. The molecule has 2 aromatic carbocycles. The number of alkyl halides is 2. The molecule has 0 radical (unpaired) electrons. The molecule has 0 saturated carbocycles. The number of rotatable bonds is 10. The van der Waals surface area contributed by atoms with E-state index in [0.29, 0.717) is 6.08 Å². The number of nitrogens with two attached hydrogens (primary N) is 1. The standard InChI is InChI=1S/C27H24ClF3N4O5/c1-3-21(27(39)34-14-5-7-16(26(33)38)19(29)9-14)35-12-23(40-2)18(10-24(35)37)17-8-13(28)4-6-15(17)20(32)11-22(36)25(30)31/h4-12,21,25,32,36H,3H2,1-2H3,(H2,33,38)(H,34,39)/b22-11-,32-20?. The van der Waals surface area contributed by atoms with Crippen molar-refractivity contribution in [3.05, 3.63) is 92.8 Å². The van der Waals surface area contributed by atoms with Gasteiger partial charge in [0.2, 0.25) is 5.91 Å². The van der Waals surface area contributed by atoms with E-state index in [-0.39, 0.29) is 45.1 Å². The maximum atomic E-state index is 14.1. The highest BCUT2D eigenvalue weighted by atomic mass is 35.5. The van der Waals surface area contributed by atoms with Gasteiger partial charge in [-0.15, -0.1) is 0 Å². The van der Waals surface area contributed by atoms with E-state index in [4.69, 9.17) is 27.5 Å². The summed E-state index contributed by atoms with van der Waals surface area (Å²) in [6, 6.07) is 7.57. The van der Waals surface area contributed by atoms with Crippen LogP contribution in [0.4, 0.5) is 18.9 Å². The van der Waals surface area contributed by atoms with Gasteiger partial charge in [-0.25, -0.2) is 13.2 Å². The number of aliphatic hydroxyl groups excluding tert-OH is 1. The molecule has 0 saturated heterocycles. The first kappa shape index (κ1) is 30.0. The Balaban J connectivity index is 2.05. The van der Waals surface area contributed by atoms with Crippen molar-refractivity contribution in [2.45, 2.75) is 25.8 Å². The van der Waals surface area contributed by atoms with Gasteiger partial charge in [0.05, 0.1) is 24.6 Å². The van der Waals surface area contributed by atoms with Crippen molar-refractivity contribution in [2.24, 2.45) is 5.73 Å². The molecule has 3 rings (SSSR count). The molecular weight excluding hydrogens is 553 g/mol. The Bertz CT molecular complexity index is 1570. The molecule has 0 bridgehead atoms. The van der Waals surface area contributed by atoms with Gasteiger partial charge in [0, 0.05) is 34.0 Å². The molecule has 13 heteroatoms. The number of nitrogens with one attached hydrogen (secondary N) is 2. The molecule has 1 unspecified atom stereocenters. The summed E-state index contributed by atoms with van der Waals surface area (Å²) in [5, 5.41) is 20.4. The first-order valence-corrected chi connectivity index (χ1v) is 12.0. The molecule has 40 heavy (non-hydrogen) atoms. The summed E-state index contributed by atoms with van der Waals surface area (Å²) in [5.74, 6) is -3.79. The van der Waals surface area contributed by atoms with Gasteiger partial charge in [0.15, 0.2) is 5.76 Å². The molecule has 3 aromatic rings. The van der Waals surface area contributed by atoms with Gasteiger partial charge in [-0.05, 0) is 42.3 Å². The Morgan fingerprint density at radius 1 is 1.18 bits per heavy atom. The number of ether oxygens (including phenoxy) is 1. The molecule has 9 nitrogen and oxygen atoms in total. The van der Waals surface area contributed by atoms with Gasteiger partial charge < -0.3 is 26.3 Å². The third-order valence-electron chi connectivity index (χ3n) is 5.87. The topological polar surface area (TPSA) is 148 Å². The lowest BCUT2D eigenvalue weighted by atomic mass is 9.96. The number of aliphatic hydroxyl groups is 1. The number of hydrogen-bond donors (Lipinski definition) is 4. The Morgan fingerprint density at radius 3 is 2.42 bits per heavy atom. The zero-order valence-electron chi connectivity index (χ0n) is 21.2. The third-order valence-corrected chi connectivity index (χ3v) is 6.10. The second kappa shape index (κ2) is 12.5. The van der Waals surface area contributed by atoms with E-state index in [1.54, 1.807) is 6.92 Å².